The van der Waals surface area contributed by atoms with Crippen LogP contribution in [0, 0.1) is 11.6 Å². The number of rotatable bonds is 4. The van der Waals surface area contributed by atoms with Gasteiger partial charge in [-0.15, -0.1) is 0 Å². The molecule has 1 atom stereocenters. The molecule has 0 radical (unpaired) electrons. The maximum Gasteiger partial charge on any atom is 0.321 e. The van der Waals surface area contributed by atoms with Crippen LogP contribution in [-0.2, 0) is 9.59 Å². The third-order valence-electron chi connectivity index (χ3n) is 1.93. The van der Waals surface area contributed by atoms with Crippen LogP contribution in [-0.4, -0.2) is 23.0 Å². The summed E-state index contributed by atoms with van der Waals surface area (Å²) >= 11 is 0. The Kier molecular flexibility index (Phi) is 4.11. The minimum atomic E-state index is -1.36. The Labute approximate surface area is 95.2 Å². The molecule has 0 aromatic heterocycles. The average molecular weight is 244 g/mol. The van der Waals surface area contributed by atoms with Gasteiger partial charge in [0.25, 0.3) is 0 Å². The molecule has 0 aliphatic rings. The van der Waals surface area contributed by atoms with Crippen LogP contribution in [0.5, 0.6) is 0 Å². The van der Waals surface area contributed by atoms with Crippen LogP contribution < -0.4 is 11.1 Å². The Morgan fingerprint density at radius 1 is 1.41 bits per heavy atom. The molecule has 0 heterocycles. The molecule has 0 saturated carbocycles. The van der Waals surface area contributed by atoms with Gasteiger partial charge in [-0.1, -0.05) is 0 Å². The quantitative estimate of drug-likeness (QED) is 0.727. The molecule has 0 aliphatic heterocycles. The fourth-order valence-corrected chi connectivity index (χ4v) is 1.08. The first kappa shape index (κ1) is 13.0. The van der Waals surface area contributed by atoms with Crippen molar-refractivity contribution in [2.75, 3.05) is 5.32 Å². The van der Waals surface area contributed by atoms with Gasteiger partial charge in [-0.2, -0.15) is 0 Å². The van der Waals surface area contributed by atoms with Crippen molar-refractivity contribution >= 4 is 17.6 Å². The molecule has 0 spiro atoms. The van der Waals surface area contributed by atoms with Crippen molar-refractivity contribution in [2.45, 2.75) is 12.5 Å². The van der Waals surface area contributed by atoms with E-state index in [1.54, 1.807) is 0 Å². The van der Waals surface area contributed by atoms with Crippen molar-refractivity contribution < 1.29 is 23.5 Å². The minimum absolute atomic E-state index is 0.228. The highest BCUT2D eigenvalue weighted by Gasteiger charge is 2.17. The molecule has 1 amide bonds. The molecule has 1 aromatic carbocycles. The van der Waals surface area contributed by atoms with Gasteiger partial charge in [-0.3, -0.25) is 9.59 Å². The highest BCUT2D eigenvalue weighted by molar-refractivity contribution is 5.94. The first-order chi connectivity index (χ1) is 7.90. The second kappa shape index (κ2) is 5.35. The lowest BCUT2D eigenvalue weighted by Gasteiger charge is -2.08. The van der Waals surface area contributed by atoms with Crippen molar-refractivity contribution in [2.24, 2.45) is 5.73 Å². The van der Waals surface area contributed by atoms with E-state index in [-0.39, 0.29) is 5.69 Å². The van der Waals surface area contributed by atoms with Crippen LogP contribution in [0.15, 0.2) is 18.2 Å². The summed E-state index contributed by atoms with van der Waals surface area (Å²) in [5.74, 6) is -3.81. The molecular weight excluding hydrogens is 234 g/mol. The molecule has 1 unspecified atom stereocenters. The molecule has 17 heavy (non-hydrogen) atoms. The van der Waals surface area contributed by atoms with E-state index in [1.165, 1.54) is 0 Å². The third kappa shape index (κ3) is 3.80. The third-order valence-corrected chi connectivity index (χ3v) is 1.93. The zero-order chi connectivity index (χ0) is 13.0. The fraction of sp³-hybridized carbons (Fsp3) is 0.200. The van der Waals surface area contributed by atoms with Gasteiger partial charge in [-0.05, 0) is 12.1 Å². The Balaban J connectivity index is 2.65. The predicted molar refractivity (Wildman–Crippen MR) is 55.2 cm³/mol. The zero-order valence-electron chi connectivity index (χ0n) is 8.61. The molecule has 0 fully saturated rings. The first-order valence-corrected chi connectivity index (χ1v) is 4.63. The smallest absolute Gasteiger partial charge is 0.321 e. The van der Waals surface area contributed by atoms with Crippen LogP contribution >= 0.6 is 0 Å². The second-order valence-corrected chi connectivity index (χ2v) is 3.32. The fourth-order valence-electron chi connectivity index (χ4n) is 1.08. The number of carboxylic acids is 1. The molecule has 0 bridgehead atoms. The number of hydrogen-bond acceptors (Lipinski definition) is 3. The van der Waals surface area contributed by atoms with Crippen LogP contribution in [0.1, 0.15) is 6.42 Å². The van der Waals surface area contributed by atoms with Crippen molar-refractivity contribution in [3.8, 4) is 0 Å². The van der Waals surface area contributed by atoms with E-state index in [4.69, 9.17) is 10.8 Å². The van der Waals surface area contributed by atoms with Crippen molar-refractivity contribution in [3.05, 3.63) is 29.8 Å². The number of benzene rings is 1. The number of aliphatic carboxylic acids is 1. The molecule has 0 saturated heterocycles. The normalized spacial score (nSPS) is 11.9. The molecule has 92 valence electrons. The van der Waals surface area contributed by atoms with Crippen LogP contribution in [0.4, 0.5) is 14.5 Å². The molecule has 1 aromatic rings. The monoisotopic (exact) mass is 244 g/mol. The SMILES string of the molecule is NC(CC(=O)Nc1ccc(F)cc1F)C(=O)O. The lowest BCUT2D eigenvalue weighted by molar-refractivity contribution is -0.140. The van der Waals surface area contributed by atoms with E-state index in [0.29, 0.717) is 6.07 Å². The summed E-state index contributed by atoms with van der Waals surface area (Å²) in [6.45, 7) is 0. The molecule has 1 rings (SSSR count). The van der Waals surface area contributed by atoms with E-state index < -0.39 is 36.0 Å². The number of halogens is 2. The minimum Gasteiger partial charge on any atom is -0.480 e. The number of nitrogens with two attached hydrogens (primary N) is 1. The second-order valence-electron chi connectivity index (χ2n) is 3.32. The van der Waals surface area contributed by atoms with Gasteiger partial charge < -0.3 is 16.2 Å². The van der Waals surface area contributed by atoms with Gasteiger partial charge in [0.15, 0.2) is 0 Å². The zero-order valence-corrected chi connectivity index (χ0v) is 8.61. The molecule has 5 nitrogen and oxygen atoms in total. The van der Waals surface area contributed by atoms with E-state index in [1.807, 2.05) is 0 Å². The molecule has 0 aliphatic carbocycles. The summed E-state index contributed by atoms with van der Waals surface area (Å²) in [5, 5.41) is 10.6. The number of carbonyl (C=O) groups is 2. The van der Waals surface area contributed by atoms with Crippen LogP contribution in [0.2, 0.25) is 0 Å². The van der Waals surface area contributed by atoms with E-state index in [2.05, 4.69) is 5.32 Å². The number of hydrogen-bond donors (Lipinski definition) is 3. The Morgan fingerprint density at radius 2 is 2.06 bits per heavy atom. The van der Waals surface area contributed by atoms with E-state index in [9.17, 15) is 18.4 Å². The summed E-state index contributed by atoms with van der Waals surface area (Å²) in [6.07, 6.45) is -0.494. The van der Waals surface area contributed by atoms with Crippen LogP contribution in [0.25, 0.3) is 0 Å². The van der Waals surface area contributed by atoms with Crippen molar-refractivity contribution in [1.29, 1.82) is 0 Å². The van der Waals surface area contributed by atoms with E-state index in [0.717, 1.165) is 12.1 Å². The molecule has 4 N–H and O–H groups in total. The number of nitrogens with one attached hydrogen (secondary N) is 1. The van der Waals surface area contributed by atoms with Gasteiger partial charge in [0.05, 0.1) is 12.1 Å². The van der Waals surface area contributed by atoms with Gasteiger partial charge in [-0.25, -0.2) is 8.78 Å². The maximum atomic E-state index is 13.1. The molecular formula is C10H10F2N2O3. The van der Waals surface area contributed by atoms with Crippen molar-refractivity contribution in [1.82, 2.24) is 0 Å². The Morgan fingerprint density at radius 3 is 2.59 bits per heavy atom. The number of carboxylic acid groups (broad SMARTS) is 1. The van der Waals surface area contributed by atoms with Crippen molar-refractivity contribution in [3.63, 3.8) is 0 Å². The topological polar surface area (TPSA) is 92.4 Å². The average Bonchev–Trinajstić information content (AvgIpc) is 2.22. The van der Waals surface area contributed by atoms with Gasteiger partial charge in [0.2, 0.25) is 5.91 Å². The summed E-state index contributed by atoms with van der Waals surface area (Å²) < 4.78 is 25.7. The van der Waals surface area contributed by atoms with Gasteiger partial charge >= 0.3 is 5.97 Å². The number of amides is 1. The lowest BCUT2D eigenvalue weighted by Crippen LogP contribution is -2.34. The standard InChI is InChI=1S/C10H10F2N2O3/c11-5-1-2-8(6(12)3-5)14-9(15)4-7(13)10(16)17/h1-3,7H,4,13H2,(H,14,15)(H,16,17). The highest BCUT2D eigenvalue weighted by Crippen LogP contribution is 2.15. The van der Waals surface area contributed by atoms with Gasteiger partial charge in [0.1, 0.15) is 17.7 Å². The lowest BCUT2D eigenvalue weighted by atomic mass is 10.2. The highest BCUT2D eigenvalue weighted by atomic mass is 19.1. The van der Waals surface area contributed by atoms with E-state index >= 15 is 0 Å². The summed E-state index contributed by atoms with van der Waals surface area (Å²) in [7, 11) is 0. The summed E-state index contributed by atoms with van der Waals surface area (Å²) in [5.41, 5.74) is 4.89. The largest absolute Gasteiger partial charge is 0.480 e. The Hall–Kier alpha value is -2.02. The van der Waals surface area contributed by atoms with Crippen LogP contribution in [0.3, 0.4) is 0 Å². The summed E-state index contributed by atoms with van der Waals surface area (Å²) in [4.78, 5) is 21.6. The first-order valence-electron chi connectivity index (χ1n) is 4.63. The number of carbonyl (C=O) groups excluding carboxylic acids is 1. The number of anilines is 1. The van der Waals surface area contributed by atoms with Gasteiger partial charge in [0, 0.05) is 6.07 Å². The summed E-state index contributed by atoms with van der Waals surface area (Å²) in [6, 6.07) is 1.25. The Bertz CT molecular complexity index is 451. The predicted octanol–water partition coefficient (Wildman–Crippen LogP) is 0.705. The molecule has 7 heteroatoms. The maximum absolute atomic E-state index is 13.1.